The average Bonchev–Trinajstić information content (AvgIpc) is 3.15. The van der Waals surface area contributed by atoms with Gasteiger partial charge in [-0.05, 0) is 18.2 Å². The van der Waals surface area contributed by atoms with Crippen LogP contribution in [0.5, 0.6) is 0 Å². The molecule has 0 radical (unpaired) electrons. The molecule has 1 aliphatic heterocycles. The normalized spacial score (nSPS) is 22.0. The zero-order valence-electron chi connectivity index (χ0n) is 11.1. The van der Waals surface area contributed by atoms with Crippen LogP contribution in [0.25, 0.3) is 22.4 Å². The van der Waals surface area contributed by atoms with Gasteiger partial charge in [0, 0.05) is 35.5 Å². The Morgan fingerprint density at radius 1 is 1.14 bits per heavy atom. The molecule has 2 aromatic heterocycles. The SMILES string of the molecule is NC1CSCC1c1nc(-c2ccc3nccnc3c2)no1. The van der Waals surface area contributed by atoms with E-state index in [9.17, 15) is 0 Å². The van der Waals surface area contributed by atoms with Crippen molar-refractivity contribution in [3.63, 3.8) is 0 Å². The second-order valence-corrected chi connectivity index (χ2v) is 6.10. The summed E-state index contributed by atoms with van der Waals surface area (Å²) in [6.45, 7) is 0. The van der Waals surface area contributed by atoms with Crippen molar-refractivity contribution in [2.75, 3.05) is 11.5 Å². The predicted octanol–water partition coefficient (Wildman–Crippen LogP) is 1.84. The molecule has 1 aromatic carbocycles. The Balaban J connectivity index is 1.70. The predicted molar refractivity (Wildman–Crippen MR) is 80.9 cm³/mol. The molecule has 0 aliphatic carbocycles. The Morgan fingerprint density at radius 3 is 2.81 bits per heavy atom. The number of hydrogen-bond acceptors (Lipinski definition) is 7. The van der Waals surface area contributed by atoms with Crippen LogP contribution in [-0.4, -0.2) is 37.7 Å². The minimum atomic E-state index is 0.0887. The van der Waals surface area contributed by atoms with Gasteiger partial charge in [0.05, 0.1) is 17.0 Å². The second-order valence-electron chi connectivity index (χ2n) is 5.02. The number of aromatic nitrogens is 4. The van der Waals surface area contributed by atoms with E-state index in [0.29, 0.717) is 11.7 Å². The first-order valence-corrected chi connectivity index (χ1v) is 7.85. The van der Waals surface area contributed by atoms with Crippen molar-refractivity contribution in [1.82, 2.24) is 20.1 Å². The van der Waals surface area contributed by atoms with Gasteiger partial charge in [-0.3, -0.25) is 9.97 Å². The highest BCUT2D eigenvalue weighted by molar-refractivity contribution is 7.99. The molecule has 2 atom stereocenters. The molecule has 1 fully saturated rings. The Labute approximate surface area is 125 Å². The van der Waals surface area contributed by atoms with E-state index in [1.54, 1.807) is 12.4 Å². The summed E-state index contributed by atoms with van der Waals surface area (Å²) in [6, 6.07) is 5.84. The van der Waals surface area contributed by atoms with E-state index in [2.05, 4.69) is 20.1 Å². The van der Waals surface area contributed by atoms with Crippen LogP contribution < -0.4 is 5.73 Å². The number of nitrogens with two attached hydrogens (primary N) is 1. The van der Waals surface area contributed by atoms with Gasteiger partial charge < -0.3 is 10.3 Å². The quantitative estimate of drug-likeness (QED) is 0.772. The maximum atomic E-state index is 6.07. The number of benzene rings is 1. The largest absolute Gasteiger partial charge is 0.339 e. The van der Waals surface area contributed by atoms with Crippen LogP contribution in [0.4, 0.5) is 0 Å². The van der Waals surface area contributed by atoms with E-state index < -0.39 is 0 Å². The lowest BCUT2D eigenvalue weighted by atomic mass is 10.1. The molecule has 2 unspecified atom stereocenters. The maximum Gasteiger partial charge on any atom is 0.232 e. The number of fused-ring (bicyclic) bond motifs is 1. The van der Waals surface area contributed by atoms with E-state index in [-0.39, 0.29) is 12.0 Å². The summed E-state index contributed by atoms with van der Waals surface area (Å²) in [5, 5.41) is 4.07. The van der Waals surface area contributed by atoms with Gasteiger partial charge >= 0.3 is 0 Å². The Hall–Kier alpha value is -1.99. The first-order valence-electron chi connectivity index (χ1n) is 6.69. The minimum Gasteiger partial charge on any atom is -0.339 e. The third-order valence-corrected chi connectivity index (χ3v) is 4.83. The number of rotatable bonds is 2. The van der Waals surface area contributed by atoms with Crippen molar-refractivity contribution in [3.8, 4) is 11.4 Å². The lowest BCUT2D eigenvalue weighted by Gasteiger charge is -2.07. The molecule has 3 aromatic rings. The molecule has 6 nitrogen and oxygen atoms in total. The van der Waals surface area contributed by atoms with Crippen LogP contribution in [-0.2, 0) is 0 Å². The summed E-state index contributed by atoms with van der Waals surface area (Å²) < 4.78 is 5.39. The molecule has 0 spiro atoms. The van der Waals surface area contributed by atoms with Gasteiger partial charge in [-0.1, -0.05) is 5.16 Å². The molecule has 3 heterocycles. The van der Waals surface area contributed by atoms with E-state index in [1.807, 2.05) is 30.0 Å². The van der Waals surface area contributed by atoms with Gasteiger partial charge in [-0.25, -0.2) is 0 Å². The van der Waals surface area contributed by atoms with Gasteiger partial charge in [0.2, 0.25) is 11.7 Å². The number of hydrogen-bond donors (Lipinski definition) is 1. The van der Waals surface area contributed by atoms with Crippen molar-refractivity contribution in [3.05, 3.63) is 36.5 Å². The minimum absolute atomic E-state index is 0.0887. The van der Waals surface area contributed by atoms with Crippen LogP contribution >= 0.6 is 11.8 Å². The monoisotopic (exact) mass is 299 g/mol. The standard InChI is InChI=1S/C14H13N5OS/c15-10-7-21-6-9(10)14-18-13(19-20-14)8-1-2-11-12(5-8)17-4-3-16-11/h1-5,9-10H,6-7,15H2. The fourth-order valence-electron chi connectivity index (χ4n) is 2.43. The van der Waals surface area contributed by atoms with Crippen molar-refractivity contribution in [2.45, 2.75) is 12.0 Å². The molecule has 1 aliphatic rings. The Morgan fingerprint density at radius 2 is 2.00 bits per heavy atom. The van der Waals surface area contributed by atoms with Crippen LogP contribution in [0.3, 0.4) is 0 Å². The fourth-order valence-corrected chi connectivity index (χ4v) is 3.71. The molecule has 2 N–H and O–H groups in total. The zero-order chi connectivity index (χ0) is 14.2. The van der Waals surface area contributed by atoms with Crippen molar-refractivity contribution in [2.24, 2.45) is 5.73 Å². The molecule has 0 bridgehead atoms. The van der Waals surface area contributed by atoms with Crippen LogP contribution in [0.1, 0.15) is 11.8 Å². The van der Waals surface area contributed by atoms with Crippen molar-refractivity contribution < 1.29 is 4.52 Å². The Bertz CT molecular complexity index is 790. The second kappa shape index (κ2) is 5.09. The molecule has 21 heavy (non-hydrogen) atoms. The molecule has 7 heteroatoms. The highest BCUT2D eigenvalue weighted by atomic mass is 32.2. The molecule has 0 saturated carbocycles. The third-order valence-electron chi connectivity index (χ3n) is 3.61. The summed E-state index contributed by atoms with van der Waals surface area (Å²) in [4.78, 5) is 13.0. The van der Waals surface area contributed by atoms with Crippen molar-refractivity contribution >= 4 is 22.8 Å². The molecular formula is C14H13N5OS. The average molecular weight is 299 g/mol. The van der Waals surface area contributed by atoms with E-state index in [4.69, 9.17) is 10.3 Å². The van der Waals surface area contributed by atoms with Crippen LogP contribution in [0, 0.1) is 0 Å². The van der Waals surface area contributed by atoms with Gasteiger partial charge in [-0.2, -0.15) is 16.7 Å². The number of thioether (sulfide) groups is 1. The lowest BCUT2D eigenvalue weighted by Crippen LogP contribution is -2.26. The van der Waals surface area contributed by atoms with Gasteiger partial charge in [0.15, 0.2) is 0 Å². The summed E-state index contributed by atoms with van der Waals surface area (Å²) in [5.74, 6) is 3.22. The summed E-state index contributed by atoms with van der Waals surface area (Å²) >= 11 is 1.82. The van der Waals surface area contributed by atoms with E-state index >= 15 is 0 Å². The topological polar surface area (TPSA) is 90.7 Å². The summed E-state index contributed by atoms with van der Waals surface area (Å²) in [5.41, 5.74) is 8.60. The first kappa shape index (κ1) is 12.7. The number of nitrogens with zero attached hydrogens (tertiary/aromatic N) is 4. The molecule has 1 saturated heterocycles. The highest BCUT2D eigenvalue weighted by Gasteiger charge is 2.31. The lowest BCUT2D eigenvalue weighted by molar-refractivity contribution is 0.352. The summed E-state index contributed by atoms with van der Waals surface area (Å²) in [6.07, 6.45) is 3.34. The van der Waals surface area contributed by atoms with E-state index in [1.165, 1.54) is 0 Å². The Kier molecular flexibility index (Phi) is 3.08. The van der Waals surface area contributed by atoms with Crippen molar-refractivity contribution in [1.29, 1.82) is 0 Å². The maximum absolute atomic E-state index is 6.07. The van der Waals surface area contributed by atoms with Crippen LogP contribution in [0.2, 0.25) is 0 Å². The molecule has 0 amide bonds. The third kappa shape index (κ3) is 2.28. The molecular weight excluding hydrogens is 286 g/mol. The van der Waals surface area contributed by atoms with Crippen LogP contribution in [0.15, 0.2) is 35.1 Å². The smallest absolute Gasteiger partial charge is 0.232 e. The first-order chi connectivity index (χ1) is 10.3. The van der Waals surface area contributed by atoms with Gasteiger partial charge in [0.1, 0.15) is 0 Å². The fraction of sp³-hybridized carbons (Fsp3) is 0.286. The van der Waals surface area contributed by atoms with Gasteiger partial charge in [-0.15, -0.1) is 0 Å². The van der Waals surface area contributed by atoms with E-state index in [0.717, 1.165) is 28.1 Å². The zero-order valence-corrected chi connectivity index (χ0v) is 12.0. The molecule has 106 valence electrons. The summed E-state index contributed by atoms with van der Waals surface area (Å²) in [7, 11) is 0. The highest BCUT2D eigenvalue weighted by Crippen LogP contribution is 2.31. The van der Waals surface area contributed by atoms with Gasteiger partial charge in [0.25, 0.3) is 0 Å². The molecule has 4 rings (SSSR count).